The van der Waals surface area contributed by atoms with Gasteiger partial charge in [0, 0.05) is 29.0 Å². The fourth-order valence-electron chi connectivity index (χ4n) is 2.60. The number of hydrogen-bond acceptors (Lipinski definition) is 5. The van der Waals surface area contributed by atoms with Gasteiger partial charge in [0.1, 0.15) is 5.02 Å². The first kappa shape index (κ1) is 16.5. The lowest BCUT2D eigenvalue weighted by Crippen LogP contribution is -2.16. The first-order valence-electron chi connectivity index (χ1n) is 7.77. The van der Waals surface area contributed by atoms with Gasteiger partial charge in [0.05, 0.1) is 11.4 Å². The number of rotatable bonds is 3. The minimum absolute atomic E-state index is 0.0752. The van der Waals surface area contributed by atoms with Gasteiger partial charge in [0.15, 0.2) is 4.96 Å². The number of fused-ring (bicyclic) bond motifs is 1. The summed E-state index contributed by atoms with van der Waals surface area (Å²) >= 11 is 7.68. The van der Waals surface area contributed by atoms with E-state index >= 15 is 0 Å². The molecule has 1 aromatic carbocycles. The fourth-order valence-corrected chi connectivity index (χ4v) is 3.69. The lowest BCUT2D eigenvalue weighted by atomic mass is 10.1. The Morgan fingerprint density at radius 1 is 1.19 bits per heavy atom. The van der Waals surface area contributed by atoms with Gasteiger partial charge >= 0.3 is 0 Å². The van der Waals surface area contributed by atoms with Crippen molar-refractivity contribution in [3.63, 3.8) is 0 Å². The first-order chi connectivity index (χ1) is 12.6. The Balaban J connectivity index is 1.84. The molecule has 0 amide bonds. The molecule has 4 aromatic rings. The highest BCUT2D eigenvalue weighted by molar-refractivity contribution is 7.15. The van der Waals surface area contributed by atoms with Gasteiger partial charge in [-0.2, -0.15) is 0 Å². The molecule has 3 heterocycles. The number of anilines is 1. The van der Waals surface area contributed by atoms with Crippen molar-refractivity contribution in [3.8, 4) is 11.3 Å². The molecule has 0 saturated heterocycles. The lowest BCUT2D eigenvalue weighted by molar-refractivity contribution is 1.08. The van der Waals surface area contributed by atoms with Crippen LogP contribution in [0, 0.1) is 0 Å². The maximum absolute atomic E-state index is 12.8. The summed E-state index contributed by atoms with van der Waals surface area (Å²) in [6.07, 6.45) is 6.97. The minimum Gasteiger partial charge on any atom is -0.399 e. The van der Waals surface area contributed by atoms with Gasteiger partial charge in [-0.05, 0) is 29.8 Å². The SMILES string of the molecule is Nc1cccc(-c2csc3nc(/C=C/c4cccnc4)c(Cl)c(=O)n23)c1. The highest BCUT2D eigenvalue weighted by Crippen LogP contribution is 2.27. The van der Waals surface area contributed by atoms with E-state index < -0.39 is 0 Å². The van der Waals surface area contributed by atoms with Gasteiger partial charge in [0.2, 0.25) is 0 Å². The number of pyridine rings is 1. The smallest absolute Gasteiger partial charge is 0.278 e. The van der Waals surface area contributed by atoms with E-state index in [9.17, 15) is 4.79 Å². The molecule has 0 aliphatic heterocycles. The first-order valence-corrected chi connectivity index (χ1v) is 9.03. The maximum atomic E-state index is 12.8. The monoisotopic (exact) mass is 380 g/mol. The van der Waals surface area contributed by atoms with E-state index in [4.69, 9.17) is 17.3 Å². The second-order valence-corrected chi connectivity index (χ2v) is 6.81. The molecule has 0 fully saturated rings. The molecule has 26 heavy (non-hydrogen) atoms. The molecule has 3 aromatic heterocycles. The molecule has 0 aliphatic carbocycles. The van der Waals surface area contributed by atoms with E-state index in [2.05, 4.69) is 9.97 Å². The second kappa shape index (κ2) is 6.74. The molecule has 2 N–H and O–H groups in total. The average Bonchev–Trinajstić information content (AvgIpc) is 3.08. The van der Waals surface area contributed by atoms with Crippen molar-refractivity contribution in [3.05, 3.63) is 80.8 Å². The van der Waals surface area contributed by atoms with E-state index in [0.29, 0.717) is 16.3 Å². The molecular formula is C19H13ClN4OS. The predicted molar refractivity (Wildman–Crippen MR) is 107 cm³/mol. The van der Waals surface area contributed by atoms with Crippen LogP contribution in [0.2, 0.25) is 5.02 Å². The number of hydrogen-bond donors (Lipinski definition) is 1. The Bertz CT molecular complexity index is 1180. The zero-order valence-corrected chi connectivity index (χ0v) is 15.0. The summed E-state index contributed by atoms with van der Waals surface area (Å²) in [5.41, 5.74) is 9.08. The Hall–Kier alpha value is -2.96. The summed E-state index contributed by atoms with van der Waals surface area (Å²) < 4.78 is 1.52. The van der Waals surface area contributed by atoms with E-state index in [0.717, 1.165) is 16.8 Å². The van der Waals surface area contributed by atoms with E-state index in [1.807, 2.05) is 41.8 Å². The predicted octanol–water partition coefficient (Wildman–Crippen LogP) is 4.22. The van der Waals surface area contributed by atoms with Gasteiger partial charge in [-0.3, -0.25) is 9.78 Å². The highest BCUT2D eigenvalue weighted by atomic mass is 35.5. The Labute approximate surface area is 158 Å². The molecule has 128 valence electrons. The summed E-state index contributed by atoms with van der Waals surface area (Å²) in [6.45, 7) is 0. The summed E-state index contributed by atoms with van der Waals surface area (Å²) in [4.78, 5) is 22.0. The summed E-state index contributed by atoms with van der Waals surface area (Å²) in [5, 5.41) is 1.95. The third-order valence-corrected chi connectivity index (χ3v) is 5.02. The third kappa shape index (κ3) is 3.00. The van der Waals surface area contributed by atoms with E-state index in [-0.39, 0.29) is 10.6 Å². The number of nitrogens with zero attached hydrogens (tertiary/aromatic N) is 3. The molecule has 0 saturated carbocycles. The van der Waals surface area contributed by atoms with Gasteiger partial charge in [0.25, 0.3) is 5.56 Å². The van der Waals surface area contributed by atoms with E-state index in [1.165, 1.54) is 15.7 Å². The van der Waals surface area contributed by atoms with Crippen LogP contribution in [0.5, 0.6) is 0 Å². The van der Waals surface area contributed by atoms with Crippen molar-refractivity contribution in [2.45, 2.75) is 0 Å². The number of thiazole rings is 1. The Morgan fingerprint density at radius 2 is 2.08 bits per heavy atom. The highest BCUT2D eigenvalue weighted by Gasteiger charge is 2.14. The number of nitrogen functional groups attached to an aromatic ring is 1. The number of halogens is 1. The quantitative estimate of drug-likeness (QED) is 0.540. The average molecular weight is 381 g/mol. The van der Waals surface area contributed by atoms with E-state index in [1.54, 1.807) is 24.5 Å². The van der Waals surface area contributed by atoms with Crippen molar-refractivity contribution in [1.82, 2.24) is 14.4 Å². The van der Waals surface area contributed by atoms with Crippen molar-refractivity contribution in [2.24, 2.45) is 0 Å². The van der Waals surface area contributed by atoms with Crippen LogP contribution in [0.1, 0.15) is 11.3 Å². The van der Waals surface area contributed by atoms with Gasteiger partial charge in [-0.25, -0.2) is 9.38 Å². The van der Waals surface area contributed by atoms with Gasteiger partial charge in [-0.1, -0.05) is 35.9 Å². The molecule has 0 unspecified atom stereocenters. The lowest BCUT2D eigenvalue weighted by Gasteiger charge is -2.04. The standard InChI is InChI=1S/C19H13ClN4OS/c20-17-15(7-6-12-3-2-8-22-10-12)23-19-24(18(17)25)16(11-26-19)13-4-1-5-14(21)9-13/h1-11H,21H2/b7-6+. The Morgan fingerprint density at radius 3 is 2.85 bits per heavy atom. The van der Waals surface area contributed by atoms with Crippen molar-refractivity contribution in [1.29, 1.82) is 0 Å². The van der Waals surface area contributed by atoms with Gasteiger partial charge in [-0.15, -0.1) is 11.3 Å². The molecular weight excluding hydrogens is 368 g/mol. The molecule has 0 spiro atoms. The molecule has 4 rings (SSSR count). The number of aromatic nitrogens is 3. The Kier molecular flexibility index (Phi) is 4.28. The number of nitrogens with two attached hydrogens (primary N) is 1. The molecule has 0 radical (unpaired) electrons. The summed E-state index contributed by atoms with van der Waals surface area (Å²) in [5.74, 6) is 0. The summed E-state index contributed by atoms with van der Waals surface area (Å²) in [7, 11) is 0. The van der Waals surface area contributed by atoms with Crippen LogP contribution in [0.15, 0.2) is 59.0 Å². The van der Waals surface area contributed by atoms with Crippen LogP contribution in [-0.4, -0.2) is 14.4 Å². The van der Waals surface area contributed by atoms with Crippen molar-refractivity contribution >= 4 is 45.7 Å². The van der Waals surface area contributed by atoms with Crippen LogP contribution in [0.4, 0.5) is 5.69 Å². The minimum atomic E-state index is -0.304. The zero-order valence-electron chi connectivity index (χ0n) is 13.5. The van der Waals surface area contributed by atoms with Crippen LogP contribution < -0.4 is 11.3 Å². The third-order valence-electron chi connectivity index (χ3n) is 3.84. The van der Waals surface area contributed by atoms with Crippen LogP contribution in [-0.2, 0) is 0 Å². The van der Waals surface area contributed by atoms with Crippen LogP contribution in [0.3, 0.4) is 0 Å². The van der Waals surface area contributed by atoms with Gasteiger partial charge < -0.3 is 5.73 Å². The molecule has 5 nitrogen and oxygen atoms in total. The maximum Gasteiger partial charge on any atom is 0.278 e. The van der Waals surface area contributed by atoms with Crippen LogP contribution >= 0.6 is 22.9 Å². The number of benzene rings is 1. The van der Waals surface area contributed by atoms with Crippen LogP contribution in [0.25, 0.3) is 28.4 Å². The molecule has 0 bridgehead atoms. The normalized spacial score (nSPS) is 11.4. The van der Waals surface area contributed by atoms with Crippen molar-refractivity contribution in [2.75, 3.05) is 5.73 Å². The molecule has 7 heteroatoms. The second-order valence-electron chi connectivity index (χ2n) is 5.60. The topological polar surface area (TPSA) is 73.3 Å². The zero-order chi connectivity index (χ0) is 18.1. The molecule has 0 aliphatic rings. The fraction of sp³-hybridized carbons (Fsp3) is 0. The summed E-state index contributed by atoms with van der Waals surface area (Å²) in [6, 6.07) is 11.1. The molecule has 0 atom stereocenters. The largest absolute Gasteiger partial charge is 0.399 e. The van der Waals surface area contributed by atoms with Crippen molar-refractivity contribution < 1.29 is 0 Å².